The predicted molar refractivity (Wildman–Crippen MR) is 81.8 cm³/mol. The number of hydrogen-bond donors (Lipinski definition) is 0. The molecule has 0 saturated carbocycles. The van der Waals surface area contributed by atoms with Crippen molar-refractivity contribution in [3.05, 3.63) is 35.9 Å². The van der Waals surface area contributed by atoms with Crippen molar-refractivity contribution >= 4 is 0 Å². The summed E-state index contributed by atoms with van der Waals surface area (Å²) in [6, 6.07) is 10.8. The number of nitrogens with zero attached hydrogens (tertiary/aromatic N) is 2. The van der Waals surface area contributed by atoms with Crippen LogP contribution in [0.25, 0.3) is 0 Å². The fraction of sp³-hybridized carbons (Fsp3) is 0.647. The van der Waals surface area contributed by atoms with E-state index < -0.39 is 0 Å². The number of piperazine rings is 1. The third kappa shape index (κ3) is 3.22. The Hall–Kier alpha value is -0.900. The largest absolute Gasteiger partial charge is 0.381 e. The summed E-state index contributed by atoms with van der Waals surface area (Å²) in [7, 11) is 0. The lowest BCUT2D eigenvalue weighted by molar-refractivity contribution is -0.0385. The molecule has 1 aromatic rings. The summed E-state index contributed by atoms with van der Waals surface area (Å²) in [6.07, 6.45) is 2.37. The summed E-state index contributed by atoms with van der Waals surface area (Å²) >= 11 is 0. The van der Waals surface area contributed by atoms with E-state index in [1.807, 2.05) is 0 Å². The van der Waals surface area contributed by atoms with Gasteiger partial charge in [0.2, 0.25) is 0 Å². The lowest BCUT2D eigenvalue weighted by atomic mass is 9.89. The molecule has 0 amide bonds. The van der Waals surface area contributed by atoms with Crippen LogP contribution in [0.4, 0.5) is 0 Å². The Kier molecular flexibility index (Phi) is 4.39. The van der Waals surface area contributed by atoms with Gasteiger partial charge in [0, 0.05) is 51.5 Å². The summed E-state index contributed by atoms with van der Waals surface area (Å²) in [5.41, 5.74) is 1.80. The minimum Gasteiger partial charge on any atom is -0.381 e. The molecule has 2 aliphatic heterocycles. The maximum absolute atomic E-state index is 5.52. The van der Waals surface area contributed by atoms with Gasteiger partial charge in [0.15, 0.2) is 0 Å². The average molecular weight is 274 g/mol. The molecule has 0 bridgehead atoms. The van der Waals surface area contributed by atoms with E-state index in [2.05, 4.69) is 47.1 Å². The third-order valence-corrected chi connectivity index (χ3v) is 4.95. The van der Waals surface area contributed by atoms with Gasteiger partial charge in [-0.2, -0.15) is 0 Å². The lowest BCUT2D eigenvalue weighted by Crippen LogP contribution is -2.57. The van der Waals surface area contributed by atoms with Crippen molar-refractivity contribution < 1.29 is 4.74 Å². The molecule has 3 heteroatoms. The van der Waals surface area contributed by atoms with E-state index >= 15 is 0 Å². The molecule has 1 aromatic carbocycles. The van der Waals surface area contributed by atoms with E-state index in [0.29, 0.717) is 5.54 Å². The van der Waals surface area contributed by atoms with Gasteiger partial charge in [0.05, 0.1) is 0 Å². The van der Waals surface area contributed by atoms with Crippen molar-refractivity contribution in [1.29, 1.82) is 0 Å². The van der Waals surface area contributed by atoms with Gasteiger partial charge in [-0.25, -0.2) is 0 Å². The summed E-state index contributed by atoms with van der Waals surface area (Å²) in [5.74, 6) is 0. The van der Waals surface area contributed by atoms with Crippen molar-refractivity contribution in [2.75, 3.05) is 39.4 Å². The van der Waals surface area contributed by atoms with Gasteiger partial charge >= 0.3 is 0 Å². The van der Waals surface area contributed by atoms with Crippen molar-refractivity contribution in [3.63, 3.8) is 0 Å². The standard InChI is InChI=1S/C17H26N2O/c1-17(7-13-20-14-8-17)19-11-9-18(10-12-19)15-16-5-3-2-4-6-16/h2-6H,7-15H2,1H3. The highest BCUT2D eigenvalue weighted by Gasteiger charge is 2.35. The Morgan fingerprint density at radius 2 is 1.65 bits per heavy atom. The van der Waals surface area contributed by atoms with E-state index in [4.69, 9.17) is 4.74 Å². The molecule has 2 saturated heterocycles. The number of benzene rings is 1. The molecule has 0 aromatic heterocycles. The molecule has 3 nitrogen and oxygen atoms in total. The van der Waals surface area contributed by atoms with Crippen LogP contribution in [0.1, 0.15) is 25.3 Å². The fourth-order valence-corrected chi connectivity index (χ4v) is 3.41. The highest BCUT2D eigenvalue weighted by Crippen LogP contribution is 2.28. The van der Waals surface area contributed by atoms with Gasteiger partial charge < -0.3 is 4.74 Å². The van der Waals surface area contributed by atoms with Crippen molar-refractivity contribution in [2.45, 2.75) is 31.8 Å². The van der Waals surface area contributed by atoms with Crippen LogP contribution in [-0.4, -0.2) is 54.7 Å². The van der Waals surface area contributed by atoms with E-state index in [-0.39, 0.29) is 0 Å². The first kappa shape index (κ1) is 14.1. The Bertz CT molecular complexity index is 406. The van der Waals surface area contributed by atoms with Gasteiger partial charge in [0.1, 0.15) is 0 Å². The first-order valence-corrected chi connectivity index (χ1v) is 7.85. The SMILES string of the molecule is CC1(N2CCN(Cc3ccccc3)CC2)CCOCC1. The monoisotopic (exact) mass is 274 g/mol. The quantitative estimate of drug-likeness (QED) is 0.841. The second kappa shape index (κ2) is 6.25. The number of ether oxygens (including phenoxy) is 1. The highest BCUT2D eigenvalue weighted by atomic mass is 16.5. The second-order valence-electron chi connectivity index (χ2n) is 6.36. The normalized spacial score (nSPS) is 24.6. The van der Waals surface area contributed by atoms with E-state index in [0.717, 1.165) is 19.8 Å². The zero-order valence-corrected chi connectivity index (χ0v) is 12.6. The number of rotatable bonds is 3. The predicted octanol–water partition coefficient (Wildman–Crippen LogP) is 2.37. The average Bonchev–Trinajstić information content (AvgIpc) is 2.50. The summed E-state index contributed by atoms with van der Waals surface area (Å²) in [5, 5.41) is 0. The molecule has 0 spiro atoms. The summed E-state index contributed by atoms with van der Waals surface area (Å²) in [6.45, 7) is 10.1. The molecule has 0 atom stereocenters. The van der Waals surface area contributed by atoms with Crippen LogP contribution < -0.4 is 0 Å². The molecule has 110 valence electrons. The Balaban J connectivity index is 1.52. The molecular formula is C17H26N2O. The summed E-state index contributed by atoms with van der Waals surface area (Å²) in [4.78, 5) is 5.27. The molecule has 0 unspecified atom stereocenters. The minimum absolute atomic E-state index is 0.372. The zero-order chi connectivity index (χ0) is 13.8. The van der Waals surface area contributed by atoms with Crippen molar-refractivity contribution in [3.8, 4) is 0 Å². The van der Waals surface area contributed by atoms with Crippen LogP contribution in [0.3, 0.4) is 0 Å². The third-order valence-electron chi connectivity index (χ3n) is 4.95. The van der Waals surface area contributed by atoms with Crippen molar-refractivity contribution in [1.82, 2.24) is 9.80 Å². The number of hydrogen-bond acceptors (Lipinski definition) is 3. The molecular weight excluding hydrogens is 248 g/mol. The van der Waals surface area contributed by atoms with E-state index in [1.165, 1.54) is 44.6 Å². The zero-order valence-electron chi connectivity index (χ0n) is 12.6. The molecule has 3 rings (SSSR count). The Morgan fingerprint density at radius 3 is 2.30 bits per heavy atom. The fourth-order valence-electron chi connectivity index (χ4n) is 3.41. The van der Waals surface area contributed by atoms with Crippen LogP contribution in [0.2, 0.25) is 0 Å². The van der Waals surface area contributed by atoms with Gasteiger partial charge in [-0.1, -0.05) is 30.3 Å². The van der Waals surface area contributed by atoms with Gasteiger partial charge in [-0.3, -0.25) is 9.80 Å². The molecule has 0 N–H and O–H groups in total. The maximum atomic E-state index is 5.52. The Morgan fingerprint density at radius 1 is 1.00 bits per heavy atom. The molecule has 0 aliphatic carbocycles. The lowest BCUT2D eigenvalue weighted by Gasteiger charge is -2.47. The van der Waals surface area contributed by atoms with Gasteiger partial charge in [0.25, 0.3) is 0 Å². The highest BCUT2D eigenvalue weighted by molar-refractivity contribution is 5.14. The molecule has 2 heterocycles. The van der Waals surface area contributed by atoms with Crippen LogP contribution >= 0.6 is 0 Å². The second-order valence-corrected chi connectivity index (χ2v) is 6.36. The first-order valence-electron chi connectivity index (χ1n) is 7.85. The first-order chi connectivity index (χ1) is 9.76. The van der Waals surface area contributed by atoms with Gasteiger partial charge in [-0.15, -0.1) is 0 Å². The maximum Gasteiger partial charge on any atom is 0.0483 e. The minimum atomic E-state index is 0.372. The van der Waals surface area contributed by atoms with Crippen LogP contribution in [0.15, 0.2) is 30.3 Å². The molecule has 0 radical (unpaired) electrons. The van der Waals surface area contributed by atoms with Crippen LogP contribution in [-0.2, 0) is 11.3 Å². The van der Waals surface area contributed by atoms with Crippen LogP contribution in [0, 0.1) is 0 Å². The van der Waals surface area contributed by atoms with E-state index in [9.17, 15) is 0 Å². The van der Waals surface area contributed by atoms with E-state index in [1.54, 1.807) is 0 Å². The Labute approximate surface area is 122 Å². The smallest absolute Gasteiger partial charge is 0.0483 e. The topological polar surface area (TPSA) is 15.7 Å². The molecule has 2 fully saturated rings. The molecule has 20 heavy (non-hydrogen) atoms. The summed E-state index contributed by atoms with van der Waals surface area (Å²) < 4.78 is 5.52. The van der Waals surface area contributed by atoms with Crippen LogP contribution in [0.5, 0.6) is 0 Å². The van der Waals surface area contributed by atoms with Crippen molar-refractivity contribution in [2.24, 2.45) is 0 Å². The molecule has 2 aliphatic rings. The van der Waals surface area contributed by atoms with Gasteiger partial charge in [-0.05, 0) is 25.3 Å².